The minimum Gasteiger partial charge on any atom is -0.367 e. The van der Waals surface area contributed by atoms with E-state index in [1.807, 2.05) is 0 Å². The molecule has 2 aromatic heterocycles. The van der Waals surface area contributed by atoms with Gasteiger partial charge in [0, 0.05) is 18.0 Å². The Morgan fingerprint density at radius 2 is 1.80 bits per heavy atom. The van der Waals surface area contributed by atoms with Gasteiger partial charge < -0.3 is 10.3 Å². The van der Waals surface area contributed by atoms with Gasteiger partial charge in [-0.25, -0.2) is 8.78 Å². The van der Waals surface area contributed by atoms with Crippen molar-refractivity contribution in [2.24, 2.45) is 0 Å². The summed E-state index contributed by atoms with van der Waals surface area (Å²) in [5, 5.41) is 3.74. The molecule has 0 saturated heterocycles. The fourth-order valence-corrected chi connectivity index (χ4v) is 1.97. The van der Waals surface area contributed by atoms with Crippen molar-refractivity contribution in [1.82, 2.24) is 10.1 Å². The van der Waals surface area contributed by atoms with E-state index in [-0.39, 0.29) is 17.1 Å². The first-order valence-electron chi connectivity index (χ1n) is 5.78. The van der Waals surface area contributed by atoms with Crippen LogP contribution in [0.25, 0.3) is 22.4 Å². The van der Waals surface area contributed by atoms with Crippen molar-refractivity contribution in [1.29, 1.82) is 0 Å². The minimum atomic E-state index is -0.990. The van der Waals surface area contributed by atoms with E-state index in [9.17, 15) is 8.78 Å². The fraction of sp³-hybridized carbons (Fsp3) is 0. The van der Waals surface area contributed by atoms with Gasteiger partial charge in [-0.15, -0.1) is 0 Å². The Morgan fingerprint density at radius 3 is 2.55 bits per heavy atom. The van der Waals surface area contributed by atoms with E-state index in [1.54, 1.807) is 24.5 Å². The van der Waals surface area contributed by atoms with Crippen LogP contribution in [0.5, 0.6) is 0 Å². The maximum Gasteiger partial charge on any atom is 0.230 e. The van der Waals surface area contributed by atoms with E-state index in [0.717, 1.165) is 6.07 Å². The Hall–Kier alpha value is -2.76. The Bertz CT molecular complexity index is 756. The maximum absolute atomic E-state index is 13.9. The molecule has 0 aliphatic heterocycles. The lowest BCUT2D eigenvalue weighted by Crippen LogP contribution is -1.92. The Balaban J connectivity index is 2.24. The van der Waals surface area contributed by atoms with Crippen LogP contribution in [0.3, 0.4) is 0 Å². The first-order chi connectivity index (χ1) is 9.68. The molecule has 2 N–H and O–H groups in total. The van der Waals surface area contributed by atoms with Gasteiger partial charge in [-0.2, -0.15) is 0 Å². The van der Waals surface area contributed by atoms with Crippen LogP contribution in [-0.2, 0) is 0 Å². The summed E-state index contributed by atoms with van der Waals surface area (Å²) in [5.41, 5.74) is 6.97. The smallest absolute Gasteiger partial charge is 0.230 e. The number of anilines is 1. The quantitative estimate of drug-likeness (QED) is 0.778. The molecule has 0 radical (unpaired) electrons. The van der Waals surface area contributed by atoms with Gasteiger partial charge in [-0.1, -0.05) is 11.2 Å². The molecule has 4 nitrogen and oxygen atoms in total. The van der Waals surface area contributed by atoms with E-state index in [2.05, 4.69) is 10.1 Å². The van der Waals surface area contributed by atoms with Crippen molar-refractivity contribution in [2.45, 2.75) is 0 Å². The van der Waals surface area contributed by atoms with E-state index in [1.165, 1.54) is 12.1 Å². The minimum absolute atomic E-state index is 0.00253. The van der Waals surface area contributed by atoms with Crippen molar-refractivity contribution >= 4 is 5.88 Å². The van der Waals surface area contributed by atoms with Crippen molar-refractivity contribution < 1.29 is 13.3 Å². The monoisotopic (exact) mass is 273 g/mol. The summed E-state index contributed by atoms with van der Waals surface area (Å²) in [6.07, 6.45) is 3.13. The molecule has 0 unspecified atom stereocenters. The zero-order valence-corrected chi connectivity index (χ0v) is 10.2. The zero-order valence-electron chi connectivity index (χ0n) is 10.2. The molecule has 0 saturated carbocycles. The topological polar surface area (TPSA) is 64.9 Å². The highest BCUT2D eigenvalue weighted by Crippen LogP contribution is 2.37. The molecule has 100 valence electrons. The van der Waals surface area contributed by atoms with Gasteiger partial charge in [0.25, 0.3) is 0 Å². The number of hydrogen-bond donors (Lipinski definition) is 1. The molecule has 0 atom stereocenters. The molecule has 0 fully saturated rings. The summed E-state index contributed by atoms with van der Waals surface area (Å²) >= 11 is 0. The first kappa shape index (κ1) is 12.3. The largest absolute Gasteiger partial charge is 0.367 e. The van der Waals surface area contributed by atoms with Crippen molar-refractivity contribution in [3.63, 3.8) is 0 Å². The molecule has 0 aliphatic carbocycles. The number of nitrogen functional groups attached to an aromatic ring is 1. The zero-order chi connectivity index (χ0) is 14.1. The molecule has 6 heteroatoms. The van der Waals surface area contributed by atoms with Gasteiger partial charge in [-0.05, 0) is 29.8 Å². The molecule has 0 spiro atoms. The predicted molar refractivity (Wildman–Crippen MR) is 69.5 cm³/mol. The molecule has 1 aromatic carbocycles. The molecular weight excluding hydrogens is 264 g/mol. The average Bonchev–Trinajstić information content (AvgIpc) is 2.84. The summed E-state index contributed by atoms with van der Waals surface area (Å²) in [6.45, 7) is 0. The first-order valence-corrected chi connectivity index (χ1v) is 5.78. The standard InChI is InChI=1S/C14H9F2N3O/c15-10-3-1-2-9(12(10)16)13-11(14(17)20-19-13)8-4-6-18-7-5-8/h1-7H,17H2. The number of halogens is 2. The highest BCUT2D eigenvalue weighted by Gasteiger charge is 2.21. The highest BCUT2D eigenvalue weighted by molar-refractivity contribution is 5.86. The van der Waals surface area contributed by atoms with Crippen molar-refractivity contribution in [3.05, 3.63) is 54.4 Å². The lowest BCUT2D eigenvalue weighted by atomic mass is 10.0. The van der Waals surface area contributed by atoms with Crippen molar-refractivity contribution in [2.75, 3.05) is 5.73 Å². The molecule has 0 aliphatic rings. The third-order valence-electron chi connectivity index (χ3n) is 2.89. The average molecular weight is 273 g/mol. The fourth-order valence-electron chi connectivity index (χ4n) is 1.97. The molecular formula is C14H9F2N3O. The van der Waals surface area contributed by atoms with Crippen LogP contribution in [0.15, 0.2) is 47.2 Å². The third kappa shape index (κ3) is 1.91. The van der Waals surface area contributed by atoms with Gasteiger partial charge in [0.05, 0.1) is 5.56 Å². The van der Waals surface area contributed by atoms with E-state index >= 15 is 0 Å². The molecule has 20 heavy (non-hydrogen) atoms. The van der Waals surface area contributed by atoms with Crippen LogP contribution >= 0.6 is 0 Å². The second kappa shape index (κ2) is 4.73. The number of benzene rings is 1. The van der Waals surface area contributed by atoms with Gasteiger partial charge in [0.2, 0.25) is 5.88 Å². The van der Waals surface area contributed by atoms with Crippen LogP contribution in [0.2, 0.25) is 0 Å². The maximum atomic E-state index is 13.9. The molecule has 3 rings (SSSR count). The summed E-state index contributed by atoms with van der Waals surface area (Å²) in [5.74, 6) is -1.91. The van der Waals surface area contributed by atoms with Crippen LogP contribution in [0.1, 0.15) is 0 Å². The highest BCUT2D eigenvalue weighted by atomic mass is 19.2. The molecule has 3 aromatic rings. The summed E-state index contributed by atoms with van der Waals surface area (Å²) in [7, 11) is 0. The van der Waals surface area contributed by atoms with E-state index < -0.39 is 11.6 Å². The van der Waals surface area contributed by atoms with Gasteiger partial charge in [-0.3, -0.25) is 4.98 Å². The number of nitrogens with zero attached hydrogens (tertiary/aromatic N) is 2. The van der Waals surface area contributed by atoms with Gasteiger partial charge in [0.15, 0.2) is 11.6 Å². The van der Waals surface area contributed by atoms with Crippen LogP contribution in [0, 0.1) is 11.6 Å². The Morgan fingerprint density at radius 1 is 1.05 bits per heavy atom. The van der Waals surface area contributed by atoms with E-state index in [0.29, 0.717) is 11.1 Å². The van der Waals surface area contributed by atoms with Crippen LogP contribution < -0.4 is 5.73 Å². The molecule has 0 bridgehead atoms. The molecule has 2 heterocycles. The Kier molecular flexibility index (Phi) is 2.90. The lowest BCUT2D eigenvalue weighted by Gasteiger charge is -2.04. The normalized spacial score (nSPS) is 10.7. The van der Waals surface area contributed by atoms with Crippen LogP contribution in [-0.4, -0.2) is 10.1 Å². The summed E-state index contributed by atoms with van der Waals surface area (Å²) in [4.78, 5) is 3.89. The SMILES string of the molecule is Nc1onc(-c2cccc(F)c2F)c1-c1ccncc1. The summed E-state index contributed by atoms with van der Waals surface area (Å²) < 4.78 is 32.1. The second-order valence-corrected chi connectivity index (χ2v) is 4.11. The van der Waals surface area contributed by atoms with Gasteiger partial charge in [0.1, 0.15) is 5.69 Å². The number of rotatable bonds is 2. The van der Waals surface area contributed by atoms with Crippen molar-refractivity contribution in [3.8, 4) is 22.4 Å². The predicted octanol–water partition coefficient (Wildman–Crippen LogP) is 3.26. The van der Waals surface area contributed by atoms with Crippen LogP contribution in [0.4, 0.5) is 14.7 Å². The Labute approximate surface area is 112 Å². The van der Waals surface area contributed by atoms with Gasteiger partial charge >= 0.3 is 0 Å². The lowest BCUT2D eigenvalue weighted by molar-refractivity contribution is 0.438. The molecule has 0 amide bonds. The summed E-state index contributed by atoms with van der Waals surface area (Å²) in [6, 6.07) is 7.22. The third-order valence-corrected chi connectivity index (χ3v) is 2.89. The number of pyridine rings is 1. The van der Waals surface area contributed by atoms with E-state index in [4.69, 9.17) is 10.3 Å². The number of aromatic nitrogens is 2. The number of nitrogens with two attached hydrogens (primary N) is 1. The number of hydrogen-bond acceptors (Lipinski definition) is 4. The second-order valence-electron chi connectivity index (χ2n) is 4.11.